The van der Waals surface area contributed by atoms with E-state index in [4.69, 9.17) is 11.6 Å². The van der Waals surface area contributed by atoms with Gasteiger partial charge in [0.1, 0.15) is 11.7 Å². The molecule has 7 heteroatoms. The Labute approximate surface area is 150 Å². The third-order valence-electron chi connectivity index (χ3n) is 5.49. The Hall–Kier alpha value is -2.21. The fraction of sp³-hybridized carbons (Fsp3) is 0.444. The largest absolute Gasteiger partial charge is 0.340 e. The van der Waals surface area contributed by atoms with Gasteiger partial charge in [0.25, 0.3) is 0 Å². The fourth-order valence-electron chi connectivity index (χ4n) is 4.24. The van der Waals surface area contributed by atoms with Crippen molar-refractivity contribution in [1.82, 2.24) is 14.8 Å². The summed E-state index contributed by atoms with van der Waals surface area (Å²) in [5.74, 6) is -0.864. The third-order valence-corrected chi connectivity index (χ3v) is 5.71. The highest BCUT2D eigenvalue weighted by Crippen LogP contribution is 2.52. The SMILES string of the molecule is CN(Cc1ccc(Cl)nc1)C(=O)CN1C(=O)[C@@H]2[C@H](C1=O)[C@H]1C=C[C@H]2C1. The number of nitrogens with zero attached hydrogens (tertiary/aromatic N) is 3. The van der Waals surface area contributed by atoms with Crippen LogP contribution in [0.2, 0.25) is 5.15 Å². The minimum atomic E-state index is -0.267. The molecule has 2 fully saturated rings. The van der Waals surface area contributed by atoms with Gasteiger partial charge in [-0.2, -0.15) is 0 Å². The van der Waals surface area contributed by atoms with Gasteiger partial charge in [0.2, 0.25) is 17.7 Å². The number of hydrogen-bond donors (Lipinski definition) is 0. The monoisotopic (exact) mass is 359 g/mol. The minimum absolute atomic E-state index is 0.157. The van der Waals surface area contributed by atoms with E-state index in [0.29, 0.717) is 11.7 Å². The molecule has 0 aromatic carbocycles. The van der Waals surface area contributed by atoms with Crippen molar-refractivity contribution in [3.05, 3.63) is 41.2 Å². The predicted molar refractivity (Wildman–Crippen MR) is 90.2 cm³/mol. The lowest BCUT2D eigenvalue weighted by Crippen LogP contribution is -2.42. The number of aromatic nitrogens is 1. The number of fused-ring (bicyclic) bond motifs is 5. The number of hydrogen-bond acceptors (Lipinski definition) is 4. The zero-order valence-corrected chi connectivity index (χ0v) is 14.5. The minimum Gasteiger partial charge on any atom is -0.340 e. The fourth-order valence-corrected chi connectivity index (χ4v) is 4.35. The summed E-state index contributed by atoms with van der Waals surface area (Å²) in [6.45, 7) is 0.153. The first-order valence-corrected chi connectivity index (χ1v) is 8.71. The maximum Gasteiger partial charge on any atom is 0.242 e. The molecular weight excluding hydrogens is 342 g/mol. The molecule has 1 aliphatic heterocycles. The first-order valence-electron chi connectivity index (χ1n) is 8.33. The van der Waals surface area contributed by atoms with Gasteiger partial charge >= 0.3 is 0 Å². The normalized spacial score (nSPS) is 29.4. The highest BCUT2D eigenvalue weighted by Gasteiger charge is 2.59. The van der Waals surface area contributed by atoms with Gasteiger partial charge in [-0.25, -0.2) is 4.98 Å². The Bertz CT molecular complexity index is 746. The lowest BCUT2D eigenvalue weighted by molar-refractivity contribution is -0.146. The van der Waals surface area contributed by atoms with Gasteiger partial charge in [-0.15, -0.1) is 0 Å². The summed E-state index contributed by atoms with van der Waals surface area (Å²) in [6, 6.07) is 3.45. The van der Waals surface area contributed by atoms with E-state index in [2.05, 4.69) is 4.98 Å². The molecule has 3 amide bonds. The van der Waals surface area contributed by atoms with E-state index in [1.165, 1.54) is 4.90 Å². The van der Waals surface area contributed by atoms with Gasteiger partial charge in [0.15, 0.2) is 0 Å². The number of pyridine rings is 1. The Balaban J connectivity index is 1.42. The molecule has 1 aromatic rings. The van der Waals surface area contributed by atoms with Crippen molar-refractivity contribution in [1.29, 1.82) is 0 Å². The van der Waals surface area contributed by atoms with Crippen molar-refractivity contribution in [3.63, 3.8) is 0 Å². The molecule has 4 atom stereocenters. The lowest BCUT2D eigenvalue weighted by Gasteiger charge is -2.22. The summed E-state index contributed by atoms with van der Waals surface area (Å²) in [5.41, 5.74) is 0.832. The van der Waals surface area contributed by atoms with Crippen LogP contribution in [0.5, 0.6) is 0 Å². The maximum absolute atomic E-state index is 12.6. The second-order valence-electron chi connectivity index (χ2n) is 7.00. The number of likely N-dealkylation sites (N-methyl/N-ethyl adjacent to an activating group) is 1. The van der Waals surface area contributed by atoms with E-state index in [1.807, 2.05) is 12.2 Å². The van der Waals surface area contributed by atoms with Gasteiger partial charge in [0, 0.05) is 19.8 Å². The number of halogens is 1. The average Bonchev–Trinajstić information content (AvgIpc) is 3.26. The van der Waals surface area contributed by atoms with Gasteiger partial charge < -0.3 is 4.90 Å². The maximum atomic E-state index is 12.6. The number of allylic oxidation sites excluding steroid dienone is 2. The summed E-state index contributed by atoms with van der Waals surface area (Å²) in [4.78, 5) is 44.3. The predicted octanol–water partition coefficient (Wildman–Crippen LogP) is 1.50. The average molecular weight is 360 g/mol. The quantitative estimate of drug-likeness (QED) is 0.464. The van der Waals surface area contributed by atoms with Crippen molar-refractivity contribution in [2.24, 2.45) is 23.7 Å². The number of carbonyl (C=O) groups excluding carboxylic acids is 3. The van der Waals surface area contributed by atoms with Crippen molar-refractivity contribution >= 4 is 29.3 Å². The van der Waals surface area contributed by atoms with Crippen LogP contribution in [-0.2, 0) is 20.9 Å². The van der Waals surface area contributed by atoms with Gasteiger partial charge in [0.05, 0.1) is 11.8 Å². The van der Waals surface area contributed by atoms with E-state index in [0.717, 1.165) is 16.9 Å². The first-order chi connectivity index (χ1) is 12.0. The van der Waals surface area contributed by atoms with Crippen LogP contribution in [0.15, 0.2) is 30.5 Å². The molecule has 2 bridgehead atoms. The summed E-state index contributed by atoms with van der Waals surface area (Å²) >= 11 is 5.75. The van der Waals surface area contributed by atoms with Crippen molar-refractivity contribution in [2.75, 3.05) is 13.6 Å². The van der Waals surface area contributed by atoms with Crippen LogP contribution in [0.3, 0.4) is 0 Å². The van der Waals surface area contributed by atoms with Crippen LogP contribution in [0.4, 0.5) is 0 Å². The Morgan fingerprint density at radius 3 is 2.44 bits per heavy atom. The van der Waals surface area contributed by atoms with E-state index < -0.39 is 0 Å². The van der Waals surface area contributed by atoms with E-state index in [9.17, 15) is 14.4 Å². The third kappa shape index (κ3) is 2.65. The zero-order valence-electron chi connectivity index (χ0n) is 13.8. The number of carbonyl (C=O) groups is 3. The second-order valence-corrected chi connectivity index (χ2v) is 7.39. The molecule has 6 nitrogen and oxygen atoms in total. The molecule has 0 N–H and O–H groups in total. The van der Waals surface area contributed by atoms with Gasteiger partial charge in [-0.05, 0) is 29.9 Å². The highest BCUT2D eigenvalue weighted by atomic mass is 35.5. The molecular formula is C18H18ClN3O3. The molecule has 1 saturated heterocycles. The van der Waals surface area contributed by atoms with Gasteiger partial charge in [-0.1, -0.05) is 29.8 Å². The van der Waals surface area contributed by atoms with Crippen LogP contribution in [0, 0.1) is 23.7 Å². The Morgan fingerprint density at radius 1 is 1.24 bits per heavy atom. The topological polar surface area (TPSA) is 70.6 Å². The Morgan fingerprint density at radius 2 is 1.88 bits per heavy atom. The summed E-state index contributed by atoms with van der Waals surface area (Å²) in [7, 11) is 1.65. The standard InChI is InChI=1S/C18H18ClN3O3/c1-21(8-10-2-5-13(19)20-7-10)14(23)9-22-17(24)15-11-3-4-12(6-11)16(15)18(22)25/h2-5,7,11-12,15-16H,6,8-9H2,1H3/t11-,12-,15-,16+/m0/s1. The van der Waals surface area contributed by atoms with E-state index in [1.54, 1.807) is 25.4 Å². The second kappa shape index (κ2) is 5.95. The number of likely N-dealkylation sites (tertiary alicyclic amines) is 1. The molecule has 3 aliphatic rings. The highest BCUT2D eigenvalue weighted by molar-refractivity contribution is 6.29. The van der Waals surface area contributed by atoms with Crippen molar-refractivity contribution in [2.45, 2.75) is 13.0 Å². The molecule has 130 valence electrons. The molecule has 2 aliphatic carbocycles. The zero-order chi connectivity index (χ0) is 17.7. The molecule has 0 spiro atoms. The van der Waals surface area contributed by atoms with Crippen LogP contribution in [0.1, 0.15) is 12.0 Å². The molecule has 1 aromatic heterocycles. The van der Waals surface area contributed by atoms with Crippen LogP contribution >= 0.6 is 11.6 Å². The van der Waals surface area contributed by atoms with Crippen LogP contribution in [0.25, 0.3) is 0 Å². The molecule has 0 radical (unpaired) electrons. The van der Waals surface area contributed by atoms with Gasteiger partial charge in [-0.3, -0.25) is 19.3 Å². The molecule has 0 unspecified atom stereocenters. The molecule has 1 saturated carbocycles. The molecule has 25 heavy (non-hydrogen) atoms. The van der Waals surface area contributed by atoms with Crippen molar-refractivity contribution in [3.8, 4) is 0 Å². The smallest absolute Gasteiger partial charge is 0.242 e. The summed E-state index contributed by atoms with van der Waals surface area (Å²) in [6.07, 6.45) is 6.58. The number of amides is 3. The van der Waals surface area contributed by atoms with Crippen molar-refractivity contribution < 1.29 is 14.4 Å². The Kier molecular flexibility index (Phi) is 3.87. The van der Waals surface area contributed by atoms with E-state index in [-0.39, 0.29) is 47.9 Å². The number of imide groups is 1. The summed E-state index contributed by atoms with van der Waals surface area (Å²) in [5, 5.41) is 0.390. The van der Waals surface area contributed by atoms with Crippen LogP contribution < -0.4 is 0 Å². The van der Waals surface area contributed by atoms with Crippen LogP contribution in [-0.4, -0.2) is 46.1 Å². The lowest BCUT2D eigenvalue weighted by atomic mass is 9.85. The molecule has 2 heterocycles. The summed E-state index contributed by atoms with van der Waals surface area (Å²) < 4.78 is 0. The first kappa shape index (κ1) is 16.3. The molecule has 4 rings (SSSR count). The van der Waals surface area contributed by atoms with E-state index >= 15 is 0 Å². The number of rotatable bonds is 4.